The van der Waals surface area contributed by atoms with Crippen molar-refractivity contribution in [3.05, 3.63) is 47.0 Å². The van der Waals surface area contributed by atoms with E-state index in [9.17, 15) is 4.79 Å². The molecule has 22 heavy (non-hydrogen) atoms. The number of hydrogen-bond acceptors (Lipinski definition) is 4. The predicted molar refractivity (Wildman–Crippen MR) is 87.8 cm³/mol. The minimum absolute atomic E-state index is 0.268. The van der Waals surface area contributed by atoms with Gasteiger partial charge in [0.1, 0.15) is 11.5 Å². The van der Waals surface area contributed by atoms with Crippen molar-refractivity contribution in [2.75, 3.05) is 25.3 Å². The van der Waals surface area contributed by atoms with E-state index in [0.717, 1.165) is 11.1 Å². The van der Waals surface area contributed by atoms with Gasteiger partial charge in [-0.15, -0.1) is 0 Å². The molecule has 0 fully saturated rings. The van der Waals surface area contributed by atoms with Crippen molar-refractivity contribution < 1.29 is 14.3 Å². The molecule has 0 saturated heterocycles. The summed E-state index contributed by atoms with van der Waals surface area (Å²) in [5.74, 6) is 0.840. The highest BCUT2D eigenvalue weighted by Crippen LogP contribution is 2.27. The van der Waals surface area contributed by atoms with Crippen LogP contribution < -0.4 is 20.5 Å². The number of nitrogens with one attached hydrogen (secondary N) is 1. The van der Waals surface area contributed by atoms with Crippen molar-refractivity contribution in [3.63, 3.8) is 0 Å². The molecule has 5 heteroatoms. The van der Waals surface area contributed by atoms with Crippen LogP contribution in [0.25, 0.3) is 0 Å². The summed E-state index contributed by atoms with van der Waals surface area (Å²) in [4.78, 5) is 12.5. The second kappa shape index (κ2) is 6.39. The summed E-state index contributed by atoms with van der Waals surface area (Å²) < 4.78 is 10.4. The third-order valence-corrected chi connectivity index (χ3v) is 3.36. The minimum Gasteiger partial charge on any atom is -0.497 e. The molecule has 0 spiro atoms. The lowest BCUT2D eigenvalue weighted by atomic mass is 10.1. The lowest BCUT2D eigenvalue weighted by Gasteiger charge is -2.13. The highest BCUT2D eigenvalue weighted by Gasteiger charge is 2.13. The summed E-state index contributed by atoms with van der Waals surface area (Å²) in [6.07, 6.45) is 0. The molecular weight excluding hydrogens is 280 g/mol. The third kappa shape index (κ3) is 3.31. The van der Waals surface area contributed by atoms with Gasteiger partial charge in [-0.1, -0.05) is 6.07 Å². The monoisotopic (exact) mass is 300 g/mol. The van der Waals surface area contributed by atoms with Gasteiger partial charge in [0.25, 0.3) is 5.91 Å². The van der Waals surface area contributed by atoms with E-state index in [-0.39, 0.29) is 5.91 Å². The van der Waals surface area contributed by atoms with Gasteiger partial charge in [0.2, 0.25) is 0 Å². The van der Waals surface area contributed by atoms with Crippen molar-refractivity contribution in [2.45, 2.75) is 13.8 Å². The van der Waals surface area contributed by atoms with E-state index >= 15 is 0 Å². The number of amides is 1. The number of hydrogen-bond donors (Lipinski definition) is 2. The molecule has 0 aliphatic heterocycles. The molecule has 0 radical (unpaired) electrons. The lowest BCUT2D eigenvalue weighted by Crippen LogP contribution is -2.14. The van der Waals surface area contributed by atoms with Gasteiger partial charge < -0.3 is 20.5 Å². The Hall–Kier alpha value is -2.69. The largest absolute Gasteiger partial charge is 0.497 e. The van der Waals surface area contributed by atoms with Crippen LogP contribution in [-0.2, 0) is 0 Å². The van der Waals surface area contributed by atoms with E-state index in [2.05, 4.69) is 5.32 Å². The Labute approximate surface area is 130 Å². The normalized spacial score (nSPS) is 10.2. The highest BCUT2D eigenvalue weighted by atomic mass is 16.5. The van der Waals surface area contributed by atoms with Gasteiger partial charge in [0.15, 0.2) is 0 Å². The van der Waals surface area contributed by atoms with Crippen molar-refractivity contribution in [1.82, 2.24) is 0 Å². The topological polar surface area (TPSA) is 73.6 Å². The van der Waals surface area contributed by atoms with Gasteiger partial charge in [-0.2, -0.15) is 0 Å². The fourth-order valence-electron chi connectivity index (χ4n) is 2.30. The molecule has 0 aliphatic rings. The summed E-state index contributed by atoms with van der Waals surface area (Å²) in [6, 6.07) is 8.81. The average Bonchev–Trinajstić information content (AvgIpc) is 2.49. The van der Waals surface area contributed by atoms with Crippen molar-refractivity contribution in [3.8, 4) is 11.5 Å². The van der Waals surface area contributed by atoms with Gasteiger partial charge in [-0.25, -0.2) is 0 Å². The number of rotatable bonds is 4. The second-order valence-corrected chi connectivity index (χ2v) is 5.10. The molecule has 3 N–H and O–H groups in total. The van der Waals surface area contributed by atoms with Crippen LogP contribution in [0.1, 0.15) is 21.5 Å². The summed E-state index contributed by atoms with van der Waals surface area (Å²) in [6.45, 7) is 3.87. The maximum atomic E-state index is 12.5. The summed E-state index contributed by atoms with van der Waals surface area (Å²) in [5.41, 5.74) is 9.57. The predicted octanol–water partition coefficient (Wildman–Crippen LogP) is 3.16. The van der Waals surface area contributed by atoms with Gasteiger partial charge >= 0.3 is 0 Å². The fraction of sp³-hybridized carbons (Fsp3) is 0.235. The van der Waals surface area contributed by atoms with E-state index in [4.69, 9.17) is 15.2 Å². The molecule has 0 bridgehead atoms. The number of benzene rings is 2. The molecule has 0 aliphatic carbocycles. The second-order valence-electron chi connectivity index (χ2n) is 5.10. The number of nitrogens with two attached hydrogens (primary N) is 1. The number of anilines is 2. The minimum atomic E-state index is -0.268. The fourth-order valence-corrected chi connectivity index (χ4v) is 2.30. The number of aryl methyl sites for hydroxylation is 2. The quantitative estimate of drug-likeness (QED) is 0.851. The molecule has 0 atom stereocenters. The van der Waals surface area contributed by atoms with Crippen molar-refractivity contribution in [1.29, 1.82) is 0 Å². The smallest absolute Gasteiger partial charge is 0.256 e. The van der Waals surface area contributed by atoms with Crippen molar-refractivity contribution in [2.24, 2.45) is 0 Å². The summed E-state index contributed by atoms with van der Waals surface area (Å²) >= 11 is 0. The van der Waals surface area contributed by atoms with E-state index in [0.29, 0.717) is 28.4 Å². The van der Waals surface area contributed by atoms with E-state index < -0.39 is 0 Å². The third-order valence-electron chi connectivity index (χ3n) is 3.36. The van der Waals surface area contributed by atoms with Crippen LogP contribution >= 0.6 is 0 Å². The number of carbonyl (C=O) groups is 1. The molecule has 0 saturated carbocycles. The van der Waals surface area contributed by atoms with Crippen molar-refractivity contribution >= 4 is 17.3 Å². The van der Waals surface area contributed by atoms with E-state index in [1.54, 1.807) is 32.4 Å². The number of carbonyl (C=O) groups excluding carboxylic acids is 1. The summed E-state index contributed by atoms with van der Waals surface area (Å²) in [7, 11) is 3.08. The standard InChI is InChI=1S/C17H20N2O3/c1-10-5-11(2)16(15(18)6-10)19-17(20)12-7-13(21-3)9-14(8-12)22-4/h5-9H,18H2,1-4H3,(H,19,20). The Bertz CT molecular complexity index is 666. The zero-order chi connectivity index (χ0) is 16.3. The average molecular weight is 300 g/mol. The molecule has 0 unspecified atom stereocenters. The molecule has 2 aromatic rings. The zero-order valence-electron chi connectivity index (χ0n) is 13.2. The highest BCUT2D eigenvalue weighted by molar-refractivity contribution is 6.06. The maximum Gasteiger partial charge on any atom is 0.256 e. The molecule has 2 aromatic carbocycles. The molecule has 0 aromatic heterocycles. The number of methoxy groups -OCH3 is 2. The maximum absolute atomic E-state index is 12.5. The molecule has 2 rings (SSSR count). The molecule has 0 heterocycles. The number of nitrogen functional groups attached to an aromatic ring is 1. The lowest BCUT2D eigenvalue weighted by molar-refractivity contribution is 0.102. The van der Waals surface area contributed by atoms with Crippen LogP contribution in [0.15, 0.2) is 30.3 Å². The van der Waals surface area contributed by atoms with Gasteiger partial charge in [-0.3, -0.25) is 4.79 Å². The first-order chi connectivity index (χ1) is 10.4. The molecular formula is C17H20N2O3. The Kier molecular flexibility index (Phi) is 4.56. The Morgan fingerprint density at radius 1 is 1.00 bits per heavy atom. The van der Waals surface area contributed by atoms with Crippen LogP contribution in [0, 0.1) is 13.8 Å². The van der Waals surface area contributed by atoms with Gasteiger partial charge in [0.05, 0.1) is 25.6 Å². The van der Waals surface area contributed by atoms with E-state index in [1.807, 2.05) is 26.0 Å². The molecule has 116 valence electrons. The van der Waals surface area contributed by atoms with Crippen LogP contribution in [0.3, 0.4) is 0 Å². The Morgan fingerprint density at radius 2 is 1.59 bits per heavy atom. The first-order valence-corrected chi connectivity index (χ1v) is 6.85. The van der Waals surface area contributed by atoms with Gasteiger partial charge in [-0.05, 0) is 43.2 Å². The van der Waals surface area contributed by atoms with Crippen LogP contribution in [-0.4, -0.2) is 20.1 Å². The molecule has 1 amide bonds. The number of ether oxygens (including phenoxy) is 2. The Morgan fingerprint density at radius 3 is 2.09 bits per heavy atom. The Balaban J connectivity index is 2.34. The molecule has 5 nitrogen and oxygen atoms in total. The van der Waals surface area contributed by atoms with Gasteiger partial charge in [0, 0.05) is 11.6 Å². The SMILES string of the molecule is COc1cc(OC)cc(C(=O)Nc2c(C)cc(C)cc2N)c1. The van der Waals surface area contributed by atoms with Crippen LogP contribution in [0.5, 0.6) is 11.5 Å². The van der Waals surface area contributed by atoms with E-state index in [1.165, 1.54) is 0 Å². The van der Waals surface area contributed by atoms with Crippen LogP contribution in [0.4, 0.5) is 11.4 Å². The first-order valence-electron chi connectivity index (χ1n) is 6.85. The summed E-state index contributed by atoms with van der Waals surface area (Å²) in [5, 5.41) is 2.85. The zero-order valence-corrected chi connectivity index (χ0v) is 13.2. The van der Waals surface area contributed by atoms with Crippen LogP contribution in [0.2, 0.25) is 0 Å². The first kappa shape index (κ1) is 15.7.